The molecule has 2 rings (SSSR count). The zero-order valence-electron chi connectivity index (χ0n) is 13.3. The lowest BCUT2D eigenvalue weighted by atomic mass is 10.0. The van der Waals surface area contributed by atoms with Crippen molar-refractivity contribution in [3.8, 4) is 5.75 Å². The number of hydrogen-bond acceptors (Lipinski definition) is 2. The van der Waals surface area contributed by atoms with Gasteiger partial charge in [-0.1, -0.05) is 45.6 Å². The van der Waals surface area contributed by atoms with E-state index < -0.39 is 0 Å². The number of ether oxygens (including phenoxy) is 1. The molecular formula is C17H26N2OS. The van der Waals surface area contributed by atoms with Gasteiger partial charge in [0.1, 0.15) is 11.3 Å². The Balaban J connectivity index is 1.96. The molecule has 0 atom stereocenters. The molecule has 1 N–H and O–H groups in total. The summed E-state index contributed by atoms with van der Waals surface area (Å²) in [7, 11) is 1.69. The van der Waals surface area contributed by atoms with E-state index in [9.17, 15) is 0 Å². The molecule has 0 aliphatic heterocycles. The monoisotopic (exact) mass is 306 g/mol. The largest absolute Gasteiger partial charge is 0.494 e. The predicted octanol–water partition coefficient (Wildman–Crippen LogP) is 5.31. The normalized spacial score (nSPS) is 11.4. The number of aryl methyl sites for hydroxylation is 1. The zero-order valence-corrected chi connectivity index (χ0v) is 14.1. The molecule has 0 saturated carbocycles. The van der Waals surface area contributed by atoms with Gasteiger partial charge in [0.05, 0.1) is 12.6 Å². The fraction of sp³-hybridized carbons (Fsp3) is 0.588. The maximum Gasteiger partial charge on any atom is 0.178 e. The SMILES string of the molecule is COc1cccc2c1[nH]c(=S)n2CCCCCCC(C)C. The molecule has 0 saturated heterocycles. The number of methoxy groups -OCH3 is 1. The van der Waals surface area contributed by atoms with E-state index in [4.69, 9.17) is 17.0 Å². The maximum absolute atomic E-state index is 5.45. The second-order valence-corrected chi connectivity index (χ2v) is 6.42. The second-order valence-electron chi connectivity index (χ2n) is 6.03. The number of aromatic amines is 1. The fourth-order valence-electron chi connectivity index (χ4n) is 2.72. The van der Waals surface area contributed by atoms with Crippen molar-refractivity contribution in [1.29, 1.82) is 0 Å². The molecule has 0 unspecified atom stereocenters. The van der Waals surface area contributed by atoms with Crippen LogP contribution in [-0.4, -0.2) is 16.7 Å². The highest BCUT2D eigenvalue weighted by Gasteiger charge is 2.08. The third-order valence-electron chi connectivity index (χ3n) is 3.91. The van der Waals surface area contributed by atoms with Gasteiger partial charge in [-0.05, 0) is 36.7 Å². The lowest BCUT2D eigenvalue weighted by Gasteiger charge is -2.07. The van der Waals surface area contributed by atoms with Crippen molar-refractivity contribution in [3.05, 3.63) is 23.0 Å². The summed E-state index contributed by atoms with van der Waals surface area (Å²) in [5.41, 5.74) is 2.14. The highest BCUT2D eigenvalue weighted by atomic mass is 32.1. The first-order valence-corrected chi connectivity index (χ1v) is 8.30. The first-order valence-electron chi connectivity index (χ1n) is 7.89. The van der Waals surface area contributed by atoms with E-state index in [1.807, 2.05) is 12.1 Å². The summed E-state index contributed by atoms with van der Waals surface area (Å²) in [5.74, 6) is 1.67. The van der Waals surface area contributed by atoms with E-state index >= 15 is 0 Å². The van der Waals surface area contributed by atoms with Gasteiger partial charge >= 0.3 is 0 Å². The van der Waals surface area contributed by atoms with Crippen molar-refractivity contribution in [2.75, 3.05) is 7.11 Å². The summed E-state index contributed by atoms with van der Waals surface area (Å²) >= 11 is 5.45. The minimum atomic E-state index is 0.789. The maximum atomic E-state index is 5.45. The van der Waals surface area contributed by atoms with Crippen LogP contribution in [0.2, 0.25) is 0 Å². The summed E-state index contributed by atoms with van der Waals surface area (Å²) < 4.78 is 8.36. The molecule has 21 heavy (non-hydrogen) atoms. The highest BCUT2D eigenvalue weighted by molar-refractivity contribution is 7.71. The van der Waals surface area contributed by atoms with E-state index in [1.165, 1.54) is 32.1 Å². The standard InChI is InChI=1S/C17H26N2OS/c1-13(2)9-6-4-5-7-12-19-14-10-8-11-15(20-3)16(14)18-17(19)21/h8,10-11,13H,4-7,9,12H2,1-3H3,(H,18,21). The Hall–Kier alpha value is -1.29. The molecule has 0 radical (unpaired) electrons. The molecule has 0 aliphatic carbocycles. The van der Waals surface area contributed by atoms with Crippen molar-refractivity contribution in [1.82, 2.24) is 9.55 Å². The number of hydrogen-bond donors (Lipinski definition) is 1. The third-order valence-corrected chi connectivity index (χ3v) is 4.23. The molecule has 4 heteroatoms. The van der Waals surface area contributed by atoms with Crippen LogP contribution in [0.5, 0.6) is 5.75 Å². The van der Waals surface area contributed by atoms with Gasteiger partial charge in [-0.25, -0.2) is 0 Å². The van der Waals surface area contributed by atoms with Crippen molar-refractivity contribution in [2.45, 2.75) is 52.5 Å². The van der Waals surface area contributed by atoms with E-state index in [0.29, 0.717) is 0 Å². The van der Waals surface area contributed by atoms with Gasteiger partial charge in [-0.2, -0.15) is 0 Å². The van der Waals surface area contributed by atoms with Crippen LogP contribution in [0, 0.1) is 10.7 Å². The van der Waals surface area contributed by atoms with Crippen LogP contribution in [0.15, 0.2) is 18.2 Å². The van der Waals surface area contributed by atoms with E-state index in [2.05, 4.69) is 29.5 Å². The number of benzene rings is 1. The number of H-pyrrole nitrogens is 1. The van der Waals surface area contributed by atoms with Gasteiger partial charge in [0.2, 0.25) is 0 Å². The average Bonchev–Trinajstić information content (AvgIpc) is 2.78. The van der Waals surface area contributed by atoms with Crippen LogP contribution in [-0.2, 0) is 6.54 Å². The quantitative estimate of drug-likeness (QED) is 0.529. The molecule has 1 heterocycles. The lowest BCUT2D eigenvalue weighted by Crippen LogP contribution is -1.98. The van der Waals surface area contributed by atoms with Crippen LogP contribution >= 0.6 is 12.2 Å². The molecule has 0 bridgehead atoms. The summed E-state index contributed by atoms with van der Waals surface area (Å²) in [6, 6.07) is 6.08. The first-order chi connectivity index (χ1) is 10.1. The van der Waals surface area contributed by atoms with E-state index in [-0.39, 0.29) is 0 Å². The zero-order chi connectivity index (χ0) is 15.2. The number of unbranched alkanes of at least 4 members (excludes halogenated alkanes) is 3. The Morgan fingerprint density at radius 1 is 1.19 bits per heavy atom. The summed E-state index contributed by atoms with van der Waals surface area (Å²) in [5, 5.41) is 0. The Labute approximate surface area is 132 Å². The molecular weight excluding hydrogens is 280 g/mol. The molecule has 3 nitrogen and oxygen atoms in total. The van der Waals surface area contributed by atoms with Gasteiger partial charge in [0, 0.05) is 6.54 Å². The number of nitrogens with one attached hydrogen (secondary N) is 1. The van der Waals surface area contributed by atoms with Gasteiger partial charge < -0.3 is 14.3 Å². The number of imidazole rings is 1. The number of fused-ring (bicyclic) bond motifs is 1. The number of nitrogens with zero attached hydrogens (tertiary/aromatic N) is 1. The Morgan fingerprint density at radius 3 is 2.67 bits per heavy atom. The van der Waals surface area contributed by atoms with Crippen molar-refractivity contribution < 1.29 is 4.74 Å². The van der Waals surface area contributed by atoms with Crippen molar-refractivity contribution >= 4 is 23.3 Å². The number of rotatable bonds is 8. The van der Waals surface area contributed by atoms with E-state index in [1.54, 1.807) is 7.11 Å². The van der Waals surface area contributed by atoms with Crippen LogP contribution in [0.3, 0.4) is 0 Å². The number of para-hydroxylation sites is 1. The first kappa shape index (κ1) is 16.1. The lowest BCUT2D eigenvalue weighted by molar-refractivity contribution is 0.419. The third kappa shape index (κ3) is 4.10. The summed E-state index contributed by atoms with van der Waals surface area (Å²) in [6.07, 6.45) is 6.44. The van der Waals surface area contributed by atoms with Gasteiger partial charge in [-0.3, -0.25) is 0 Å². The molecule has 2 aromatic rings. The molecule has 0 fully saturated rings. The van der Waals surface area contributed by atoms with Crippen LogP contribution in [0.25, 0.3) is 11.0 Å². The van der Waals surface area contributed by atoms with Gasteiger partial charge in [0.25, 0.3) is 0 Å². The Kier molecular flexibility index (Phi) is 5.85. The second kappa shape index (κ2) is 7.64. The minimum absolute atomic E-state index is 0.789. The summed E-state index contributed by atoms with van der Waals surface area (Å²) in [6.45, 7) is 5.56. The van der Waals surface area contributed by atoms with Gasteiger partial charge in [0.15, 0.2) is 4.77 Å². The van der Waals surface area contributed by atoms with Crippen LogP contribution in [0.4, 0.5) is 0 Å². The topological polar surface area (TPSA) is 29.9 Å². The predicted molar refractivity (Wildman–Crippen MR) is 91.6 cm³/mol. The smallest absolute Gasteiger partial charge is 0.178 e. The number of aromatic nitrogens is 2. The van der Waals surface area contributed by atoms with Crippen molar-refractivity contribution in [2.24, 2.45) is 5.92 Å². The van der Waals surface area contributed by atoms with Crippen molar-refractivity contribution in [3.63, 3.8) is 0 Å². The molecule has 1 aromatic carbocycles. The Bertz CT molecular complexity index is 627. The van der Waals surface area contributed by atoms with Gasteiger partial charge in [-0.15, -0.1) is 0 Å². The molecule has 1 aromatic heterocycles. The van der Waals surface area contributed by atoms with Crippen LogP contribution < -0.4 is 4.74 Å². The average molecular weight is 306 g/mol. The fourth-order valence-corrected chi connectivity index (χ4v) is 3.01. The Morgan fingerprint density at radius 2 is 1.95 bits per heavy atom. The summed E-state index contributed by atoms with van der Waals surface area (Å²) in [4.78, 5) is 3.27. The minimum Gasteiger partial charge on any atom is -0.494 e. The molecule has 0 amide bonds. The van der Waals surface area contributed by atoms with Crippen LogP contribution in [0.1, 0.15) is 46.0 Å². The van der Waals surface area contributed by atoms with E-state index in [0.717, 1.165) is 34.0 Å². The highest BCUT2D eigenvalue weighted by Crippen LogP contribution is 2.25. The molecule has 116 valence electrons. The molecule has 0 aliphatic rings. The molecule has 0 spiro atoms.